The smallest absolute Gasteiger partial charge is 0.191 e. The van der Waals surface area contributed by atoms with Crippen molar-refractivity contribution in [2.45, 2.75) is 31.6 Å². The fourth-order valence-electron chi connectivity index (χ4n) is 3.69. The lowest BCUT2D eigenvalue weighted by Crippen LogP contribution is -2.41. The Balaban J connectivity index is 1.69. The maximum absolute atomic E-state index is 13.8. The molecule has 2 aromatic rings. The third-order valence-corrected chi connectivity index (χ3v) is 5.44. The highest BCUT2D eigenvalue weighted by Crippen LogP contribution is 2.35. The first-order valence-corrected chi connectivity index (χ1v) is 10.2. The van der Waals surface area contributed by atoms with Crippen LogP contribution in [0.1, 0.15) is 30.9 Å². The Hall–Kier alpha value is -2.47. The summed E-state index contributed by atoms with van der Waals surface area (Å²) in [4.78, 5) is 4.81. The first-order valence-electron chi connectivity index (χ1n) is 10.2. The van der Waals surface area contributed by atoms with Crippen molar-refractivity contribution < 1.29 is 13.5 Å². The van der Waals surface area contributed by atoms with Gasteiger partial charge in [0.15, 0.2) is 5.96 Å². The lowest BCUT2D eigenvalue weighted by molar-refractivity contribution is 0.0531. The molecule has 156 valence electrons. The van der Waals surface area contributed by atoms with Gasteiger partial charge in [-0.2, -0.15) is 0 Å². The van der Waals surface area contributed by atoms with Crippen molar-refractivity contribution in [3.05, 3.63) is 71.3 Å². The van der Waals surface area contributed by atoms with E-state index in [1.54, 1.807) is 12.1 Å². The Morgan fingerprint density at radius 2 is 1.76 bits per heavy atom. The first-order chi connectivity index (χ1) is 14.1. The minimum Gasteiger partial charge on any atom is -0.381 e. The predicted molar refractivity (Wildman–Crippen MR) is 112 cm³/mol. The van der Waals surface area contributed by atoms with E-state index in [2.05, 4.69) is 10.6 Å². The molecule has 0 unspecified atom stereocenters. The van der Waals surface area contributed by atoms with Crippen LogP contribution in [0.25, 0.3) is 0 Å². The standard InChI is InChI=1S/C23H29F2N3O/c1-2-26-22(27-14-11-18-5-3-4-6-21(18)25)28-17-23(12-15-29-16-13-23)19-7-9-20(24)10-8-19/h3-10H,2,11-17H2,1H3,(H2,26,27,28). The van der Waals surface area contributed by atoms with E-state index >= 15 is 0 Å². The summed E-state index contributed by atoms with van der Waals surface area (Å²) in [6.45, 7) is 5.25. The molecule has 0 bridgehead atoms. The molecule has 0 spiro atoms. The molecule has 2 N–H and O–H groups in total. The van der Waals surface area contributed by atoms with Gasteiger partial charge in [-0.1, -0.05) is 30.3 Å². The van der Waals surface area contributed by atoms with E-state index in [0.717, 1.165) is 24.9 Å². The molecule has 1 aliphatic rings. The van der Waals surface area contributed by atoms with Gasteiger partial charge in [0, 0.05) is 31.7 Å². The van der Waals surface area contributed by atoms with Crippen LogP contribution in [0.2, 0.25) is 0 Å². The Labute approximate surface area is 171 Å². The summed E-state index contributed by atoms with van der Waals surface area (Å²) in [5.74, 6) is 0.285. The summed E-state index contributed by atoms with van der Waals surface area (Å²) >= 11 is 0. The number of rotatable bonds is 7. The number of ether oxygens (including phenoxy) is 1. The molecule has 29 heavy (non-hydrogen) atoms. The third-order valence-electron chi connectivity index (χ3n) is 5.44. The molecular formula is C23H29F2N3O. The van der Waals surface area contributed by atoms with E-state index in [4.69, 9.17) is 9.73 Å². The van der Waals surface area contributed by atoms with Crippen LogP contribution in [0.15, 0.2) is 53.5 Å². The molecule has 0 aliphatic carbocycles. The van der Waals surface area contributed by atoms with Crippen LogP contribution in [0.5, 0.6) is 0 Å². The van der Waals surface area contributed by atoms with Crippen LogP contribution >= 0.6 is 0 Å². The van der Waals surface area contributed by atoms with E-state index in [9.17, 15) is 8.78 Å². The highest BCUT2D eigenvalue weighted by Gasteiger charge is 2.34. The summed E-state index contributed by atoms with van der Waals surface area (Å²) in [7, 11) is 0. The van der Waals surface area contributed by atoms with E-state index in [1.807, 2.05) is 25.1 Å². The monoisotopic (exact) mass is 401 g/mol. The summed E-state index contributed by atoms with van der Waals surface area (Å²) in [6, 6.07) is 13.5. The molecule has 0 aromatic heterocycles. The highest BCUT2D eigenvalue weighted by atomic mass is 19.1. The lowest BCUT2D eigenvalue weighted by Gasteiger charge is -2.36. The zero-order chi connectivity index (χ0) is 20.5. The molecule has 1 aliphatic heterocycles. The van der Waals surface area contributed by atoms with Crippen molar-refractivity contribution in [2.24, 2.45) is 4.99 Å². The predicted octanol–water partition coefficient (Wildman–Crippen LogP) is 3.81. The number of benzene rings is 2. The highest BCUT2D eigenvalue weighted by molar-refractivity contribution is 5.79. The zero-order valence-corrected chi connectivity index (χ0v) is 16.9. The molecule has 2 aromatic carbocycles. The van der Waals surface area contributed by atoms with Gasteiger partial charge in [-0.15, -0.1) is 0 Å². The number of hydrogen-bond acceptors (Lipinski definition) is 2. The first kappa shape index (κ1) is 21.2. The maximum Gasteiger partial charge on any atom is 0.191 e. The van der Waals surface area contributed by atoms with Gasteiger partial charge in [0.05, 0.1) is 6.54 Å². The minimum atomic E-state index is -0.234. The van der Waals surface area contributed by atoms with E-state index in [1.165, 1.54) is 18.2 Å². The van der Waals surface area contributed by atoms with Crippen molar-refractivity contribution in [1.29, 1.82) is 0 Å². The number of hydrogen-bond donors (Lipinski definition) is 2. The zero-order valence-electron chi connectivity index (χ0n) is 16.9. The second-order valence-electron chi connectivity index (χ2n) is 7.36. The molecule has 0 saturated carbocycles. The minimum absolute atomic E-state index is 0.167. The van der Waals surface area contributed by atoms with Crippen LogP contribution in [0.4, 0.5) is 8.78 Å². The summed E-state index contributed by atoms with van der Waals surface area (Å²) in [6.07, 6.45) is 2.27. The molecule has 0 radical (unpaired) electrons. The van der Waals surface area contributed by atoms with E-state index < -0.39 is 0 Å². The van der Waals surface area contributed by atoms with Gasteiger partial charge < -0.3 is 15.4 Å². The number of halogens is 2. The molecule has 3 rings (SSSR count). The van der Waals surface area contributed by atoms with E-state index in [-0.39, 0.29) is 17.0 Å². The van der Waals surface area contributed by atoms with Crippen LogP contribution in [-0.4, -0.2) is 38.8 Å². The van der Waals surface area contributed by atoms with Gasteiger partial charge in [0.1, 0.15) is 11.6 Å². The largest absolute Gasteiger partial charge is 0.381 e. The topological polar surface area (TPSA) is 45.7 Å². The van der Waals surface area contributed by atoms with Crippen LogP contribution in [-0.2, 0) is 16.6 Å². The summed E-state index contributed by atoms with van der Waals surface area (Å²) < 4.78 is 32.8. The average Bonchev–Trinajstić information content (AvgIpc) is 2.74. The average molecular weight is 402 g/mol. The van der Waals surface area contributed by atoms with Crippen LogP contribution < -0.4 is 10.6 Å². The molecule has 0 atom stereocenters. The van der Waals surface area contributed by atoms with Gasteiger partial charge in [0.25, 0.3) is 0 Å². The second-order valence-corrected chi connectivity index (χ2v) is 7.36. The molecule has 1 heterocycles. The Morgan fingerprint density at radius 1 is 1.03 bits per heavy atom. The molecular weight excluding hydrogens is 372 g/mol. The molecule has 0 amide bonds. The van der Waals surface area contributed by atoms with Crippen LogP contribution in [0.3, 0.4) is 0 Å². The Bertz CT molecular complexity index is 802. The summed E-state index contributed by atoms with van der Waals surface area (Å²) in [5, 5.41) is 6.55. The fraction of sp³-hybridized carbons (Fsp3) is 0.435. The molecule has 4 nitrogen and oxygen atoms in total. The van der Waals surface area contributed by atoms with Crippen LogP contribution in [0, 0.1) is 11.6 Å². The lowest BCUT2D eigenvalue weighted by atomic mass is 9.74. The van der Waals surface area contributed by atoms with Gasteiger partial charge in [0.2, 0.25) is 0 Å². The van der Waals surface area contributed by atoms with Crippen molar-refractivity contribution in [3.8, 4) is 0 Å². The van der Waals surface area contributed by atoms with Gasteiger partial charge >= 0.3 is 0 Å². The maximum atomic E-state index is 13.8. The number of nitrogens with zero attached hydrogens (tertiary/aromatic N) is 1. The quantitative estimate of drug-likeness (QED) is 0.548. The van der Waals surface area contributed by atoms with Crippen molar-refractivity contribution >= 4 is 5.96 Å². The molecule has 1 saturated heterocycles. The fourth-order valence-corrected chi connectivity index (χ4v) is 3.69. The van der Waals surface area contributed by atoms with Crippen molar-refractivity contribution in [1.82, 2.24) is 10.6 Å². The molecule has 1 fully saturated rings. The van der Waals surface area contributed by atoms with E-state index in [0.29, 0.717) is 44.2 Å². The summed E-state index contributed by atoms with van der Waals surface area (Å²) in [5.41, 5.74) is 1.61. The van der Waals surface area contributed by atoms with Gasteiger partial charge in [-0.3, -0.25) is 4.99 Å². The SMILES string of the molecule is CCNC(=NCC1(c2ccc(F)cc2)CCOCC1)NCCc1ccccc1F. The van der Waals surface area contributed by atoms with Crippen molar-refractivity contribution in [2.75, 3.05) is 32.8 Å². The normalized spacial score (nSPS) is 16.4. The number of guanidine groups is 1. The van der Waals surface area contributed by atoms with Crippen molar-refractivity contribution in [3.63, 3.8) is 0 Å². The number of aliphatic imine (C=N–C) groups is 1. The second kappa shape index (κ2) is 10.3. The van der Waals surface area contributed by atoms with Gasteiger partial charge in [-0.25, -0.2) is 8.78 Å². The molecule has 6 heteroatoms. The van der Waals surface area contributed by atoms with Gasteiger partial charge in [-0.05, 0) is 55.5 Å². The number of nitrogens with one attached hydrogen (secondary N) is 2. The Morgan fingerprint density at radius 3 is 2.45 bits per heavy atom. The Kier molecular flexibility index (Phi) is 7.58. The third kappa shape index (κ3) is 5.76.